The molecule has 1 aliphatic rings. The lowest BCUT2D eigenvalue weighted by molar-refractivity contribution is -0.101. The summed E-state index contributed by atoms with van der Waals surface area (Å²) in [5, 5.41) is 14.3. The summed E-state index contributed by atoms with van der Waals surface area (Å²) in [6.45, 7) is 11.8. The lowest BCUT2D eigenvalue weighted by Gasteiger charge is -2.45. The quantitative estimate of drug-likeness (QED) is 0.371. The van der Waals surface area contributed by atoms with E-state index in [0.717, 1.165) is 21.7 Å². The van der Waals surface area contributed by atoms with E-state index in [1.165, 1.54) is 11.3 Å². The third-order valence-corrected chi connectivity index (χ3v) is 7.66. The number of benzene rings is 2. The van der Waals surface area contributed by atoms with Crippen molar-refractivity contribution in [2.45, 2.75) is 77.2 Å². The number of carbonyl (C=O) groups excluding carboxylic acids is 2. The molecule has 38 heavy (non-hydrogen) atoms. The Hall–Kier alpha value is -3.23. The van der Waals surface area contributed by atoms with Crippen LogP contribution in [0.25, 0.3) is 10.6 Å². The summed E-state index contributed by atoms with van der Waals surface area (Å²) in [5.74, 6) is -0.133. The van der Waals surface area contributed by atoms with Crippen molar-refractivity contribution >= 4 is 23.3 Å². The summed E-state index contributed by atoms with van der Waals surface area (Å²) in [7, 11) is 0. The molecule has 1 aromatic heterocycles. The van der Waals surface area contributed by atoms with Crippen LogP contribution in [0.1, 0.15) is 81.2 Å². The number of thiazole rings is 1. The van der Waals surface area contributed by atoms with Crippen LogP contribution >= 0.6 is 11.3 Å². The molecule has 202 valence electrons. The number of cyclic esters (lactones) is 1. The first-order chi connectivity index (χ1) is 17.8. The molecule has 0 bridgehead atoms. The molecular weight excluding hydrogens is 498 g/mol. The number of amides is 2. The highest BCUT2D eigenvalue weighted by Crippen LogP contribution is 2.42. The first-order valence-electron chi connectivity index (χ1n) is 12.9. The SMILES string of the molecule is C[C@@H](c1ccc(-c2ncc(C(=O)NC(C)(C)C)s2)cc1)N1CC[C@](CC(C)(C)O)(c2ccccc2)OC1=O. The van der Waals surface area contributed by atoms with Crippen LogP contribution in [0.5, 0.6) is 0 Å². The van der Waals surface area contributed by atoms with Crippen molar-refractivity contribution in [1.82, 2.24) is 15.2 Å². The molecule has 2 amide bonds. The fourth-order valence-corrected chi connectivity index (χ4v) is 5.71. The number of nitrogens with one attached hydrogen (secondary N) is 1. The monoisotopic (exact) mass is 535 g/mol. The lowest BCUT2D eigenvalue weighted by atomic mass is 9.80. The summed E-state index contributed by atoms with van der Waals surface area (Å²) >= 11 is 1.35. The molecule has 0 radical (unpaired) electrons. The van der Waals surface area contributed by atoms with Gasteiger partial charge in [-0.2, -0.15) is 0 Å². The molecule has 0 saturated carbocycles. The van der Waals surface area contributed by atoms with E-state index in [2.05, 4.69) is 10.3 Å². The minimum Gasteiger partial charge on any atom is -0.438 e. The maximum absolute atomic E-state index is 13.3. The largest absolute Gasteiger partial charge is 0.438 e. The van der Waals surface area contributed by atoms with E-state index in [0.29, 0.717) is 24.3 Å². The van der Waals surface area contributed by atoms with Crippen LogP contribution in [0.15, 0.2) is 60.8 Å². The molecule has 1 fully saturated rings. The highest BCUT2D eigenvalue weighted by Gasteiger charge is 2.46. The molecular formula is C30H37N3O4S. The summed E-state index contributed by atoms with van der Waals surface area (Å²) < 4.78 is 6.12. The Kier molecular flexibility index (Phi) is 7.68. The molecule has 8 heteroatoms. The maximum atomic E-state index is 13.3. The van der Waals surface area contributed by atoms with Crippen molar-refractivity contribution in [3.8, 4) is 10.6 Å². The second-order valence-electron chi connectivity index (χ2n) is 11.7. The van der Waals surface area contributed by atoms with Gasteiger partial charge in [0.2, 0.25) is 0 Å². The molecule has 2 N–H and O–H groups in total. The molecule has 2 aromatic carbocycles. The van der Waals surface area contributed by atoms with Crippen molar-refractivity contribution in [1.29, 1.82) is 0 Å². The fraction of sp³-hybridized carbons (Fsp3) is 0.433. The van der Waals surface area contributed by atoms with Gasteiger partial charge in [0.25, 0.3) is 5.91 Å². The van der Waals surface area contributed by atoms with Gasteiger partial charge in [-0.1, -0.05) is 54.6 Å². The Labute approximate surface area is 228 Å². The number of nitrogens with zero attached hydrogens (tertiary/aromatic N) is 2. The van der Waals surface area contributed by atoms with Crippen LogP contribution < -0.4 is 5.32 Å². The molecule has 2 atom stereocenters. The summed E-state index contributed by atoms with van der Waals surface area (Å²) in [4.78, 5) is 32.5. The van der Waals surface area contributed by atoms with E-state index in [-0.39, 0.29) is 17.5 Å². The van der Waals surface area contributed by atoms with Crippen LogP contribution in [-0.4, -0.2) is 44.7 Å². The number of hydrogen-bond acceptors (Lipinski definition) is 6. The van der Waals surface area contributed by atoms with Gasteiger partial charge in [0.15, 0.2) is 0 Å². The second kappa shape index (κ2) is 10.5. The van der Waals surface area contributed by atoms with E-state index in [4.69, 9.17) is 4.74 Å². The van der Waals surface area contributed by atoms with E-state index in [9.17, 15) is 14.7 Å². The van der Waals surface area contributed by atoms with E-state index in [1.807, 2.05) is 82.3 Å². The molecule has 0 aliphatic carbocycles. The summed E-state index contributed by atoms with van der Waals surface area (Å²) in [6, 6.07) is 17.4. The predicted octanol–water partition coefficient (Wildman–Crippen LogP) is 6.30. The molecule has 3 aromatic rings. The number of aromatic nitrogens is 1. The number of hydrogen-bond donors (Lipinski definition) is 2. The smallest absolute Gasteiger partial charge is 0.411 e. The van der Waals surface area contributed by atoms with Crippen LogP contribution in [0.4, 0.5) is 4.79 Å². The van der Waals surface area contributed by atoms with Crippen molar-refractivity contribution in [2.75, 3.05) is 6.54 Å². The fourth-order valence-electron chi connectivity index (χ4n) is 4.89. The van der Waals surface area contributed by atoms with Crippen molar-refractivity contribution < 1.29 is 19.4 Å². The normalized spacial score (nSPS) is 19.1. The summed E-state index contributed by atoms with van der Waals surface area (Å²) in [6.07, 6.45) is 2.10. The Bertz CT molecular complexity index is 1280. The Morgan fingerprint density at radius 2 is 1.79 bits per heavy atom. The number of aliphatic hydroxyl groups is 1. The average molecular weight is 536 g/mol. The van der Waals surface area contributed by atoms with Gasteiger partial charge in [0.1, 0.15) is 15.5 Å². The second-order valence-corrected chi connectivity index (χ2v) is 12.7. The minimum absolute atomic E-state index is 0.133. The number of rotatable bonds is 7. The van der Waals surface area contributed by atoms with E-state index in [1.54, 1.807) is 24.9 Å². The zero-order valence-electron chi connectivity index (χ0n) is 22.9. The first-order valence-corrected chi connectivity index (χ1v) is 13.7. The zero-order chi connectivity index (χ0) is 27.7. The maximum Gasteiger partial charge on any atom is 0.411 e. The molecule has 1 saturated heterocycles. The first kappa shape index (κ1) is 27.8. The average Bonchev–Trinajstić information content (AvgIpc) is 3.33. The summed E-state index contributed by atoms with van der Waals surface area (Å²) in [5.41, 5.74) is 0.592. The molecule has 0 spiro atoms. The van der Waals surface area contributed by atoms with Crippen molar-refractivity contribution in [2.24, 2.45) is 0 Å². The zero-order valence-corrected chi connectivity index (χ0v) is 23.8. The van der Waals surface area contributed by atoms with Crippen LogP contribution in [0.3, 0.4) is 0 Å². The Balaban J connectivity index is 1.48. The van der Waals surface area contributed by atoms with Crippen LogP contribution in [-0.2, 0) is 10.3 Å². The van der Waals surface area contributed by atoms with Gasteiger partial charge >= 0.3 is 6.09 Å². The van der Waals surface area contributed by atoms with Crippen LogP contribution in [0.2, 0.25) is 0 Å². The van der Waals surface area contributed by atoms with Gasteiger partial charge < -0.3 is 20.1 Å². The highest BCUT2D eigenvalue weighted by atomic mass is 32.1. The highest BCUT2D eigenvalue weighted by molar-refractivity contribution is 7.16. The third kappa shape index (κ3) is 6.42. The van der Waals surface area contributed by atoms with Gasteiger partial charge in [-0.25, -0.2) is 9.78 Å². The van der Waals surface area contributed by atoms with Gasteiger partial charge in [-0.05, 0) is 52.7 Å². The van der Waals surface area contributed by atoms with Gasteiger partial charge in [-0.15, -0.1) is 11.3 Å². The molecule has 7 nitrogen and oxygen atoms in total. The Morgan fingerprint density at radius 3 is 2.37 bits per heavy atom. The van der Waals surface area contributed by atoms with Gasteiger partial charge in [0.05, 0.1) is 17.8 Å². The topological polar surface area (TPSA) is 91.8 Å². The van der Waals surface area contributed by atoms with Crippen molar-refractivity contribution in [3.63, 3.8) is 0 Å². The van der Waals surface area contributed by atoms with E-state index >= 15 is 0 Å². The number of ether oxygens (including phenoxy) is 1. The Morgan fingerprint density at radius 1 is 1.13 bits per heavy atom. The lowest BCUT2D eigenvalue weighted by Crippen LogP contribution is -2.51. The number of carbonyl (C=O) groups is 2. The third-order valence-electron chi connectivity index (χ3n) is 6.62. The molecule has 2 heterocycles. The van der Waals surface area contributed by atoms with E-state index < -0.39 is 17.3 Å². The minimum atomic E-state index is -0.997. The molecule has 1 aliphatic heterocycles. The molecule has 4 rings (SSSR count). The van der Waals surface area contributed by atoms with Crippen molar-refractivity contribution in [3.05, 3.63) is 76.8 Å². The van der Waals surface area contributed by atoms with Crippen LogP contribution in [0, 0.1) is 0 Å². The molecule has 0 unspecified atom stereocenters. The predicted molar refractivity (Wildman–Crippen MR) is 150 cm³/mol. The van der Waals surface area contributed by atoms with Gasteiger partial charge in [-0.3, -0.25) is 4.79 Å². The standard InChI is InChI=1S/C30H37N3O4S/c1-20(21-12-14-22(15-13-21)26-31-18-24(38-26)25(34)32-28(2,3)4)33-17-16-30(37-27(33)35,19-29(5,6)36)23-10-8-7-9-11-23/h7-15,18,20,36H,16-17,19H2,1-6H3,(H,32,34)/t20-,30-/m0/s1. The van der Waals surface area contributed by atoms with Gasteiger partial charge in [0, 0.05) is 30.5 Å².